The lowest BCUT2D eigenvalue weighted by atomic mass is 10.2. The molecule has 0 fully saturated rings. The predicted molar refractivity (Wildman–Crippen MR) is 79.7 cm³/mol. The molecule has 6 nitrogen and oxygen atoms in total. The third kappa shape index (κ3) is 4.84. The van der Waals surface area contributed by atoms with Crippen molar-refractivity contribution in [2.24, 2.45) is 5.73 Å². The molecule has 1 unspecified atom stereocenters. The number of rotatable bonds is 6. The summed E-state index contributed by atoms with van der Waals surface area (Å²) in [4.78, 5) is 15.7. The minimum absolute atomic E-state index is 0.0811. The lowest BCUT2D eigenvalue weighted by Crippen LogP contribution is -2.31. The summed E-state index contributed by atoms with van der Waals surface area (Å²) in [5, 5.41) is 7.31. The molecule has 0 radical (unpaired) electrons. The van der Waals surface area contributed by atoms with Gasteiger partial charge < -0.3 is 15.6 Å². The average molecular weight is 309 g/mol. The van der Waals surface area contributed by atoms with Crippen LogP contribution < -0.4 is 11.1 Å². The average Bonchev–Trinajstić information content (AvgIpc) is 2.87. The summed E-state index contributed by atoms with van der Waals surface area (Å²) in [5.74, 6) is 0.895. The van der Waals surface area contributed by atoms with Crippen LogP contribution >= 0.6 is 11.6 Å². The van der Waals surface area contributed by atoms with E-state index in [-0.39, 0.29) is 11.9 Å². The molecule has 1 heterocycles. The fourth-order valence-corrected chi connectivity index (χ4v) is 1.87. The van der Waals surface area contributed by atoms with E-state index >= 15 is 0 Å². The molecule has 0 saturated carbocycles. The molecule has 1 amide bonds. The number of hydrogen-bond donors (Lipinski definition) is 2. The van der Waals surface area contributed by atoms with Gasteiger partial charge >= 0.3 is 0 Å². The van der Waals surface area contributed by atoms with Gasteiger partial charge in [0, 0.05) is 36.0 Å². The monoisotopic (exact) mass is 308 g/mol. The Hall–Kier alpha value is -1.92. The number of aromatic nitrogens is 2. The number of hydrogen-bond acceptors (Lipinski definition) is 5. The largest absolute Gasteiger partial charge is 0.356 e. The first-order valence-electron chi connectivity index (χ1n) is 6.65. The van der Waals surface area contributed by atoms with Crippen LogP contribution in [0.2, 0.25) is 5.02 Å². The Morgan fingerprint density at radius 1 is 1.43 bits per heavy atom. The first-order valence-corrected chi connectivity index (χ1v) is 7.03. The molecule has 1 aromatic heterocycles. The number of halogens is 1. The van der Waals surface area contributed by atoms with Crippen molar-refractivity contribution in [2.45, 2.75) is 25.8 Å². The maximum absolute atomic E-state index is 11.4. The highest BCUT2D eigenvalue weighted by atomic mass is 35.5. The lowest BCUT2D eigenvalue weighted by molar-refractivity contribution is -0.121. The molecule has 3 N–H and O–H groups in total. The zero-order valence-electron chi connectivity index (χ0n) is 11.7. The van der Waals surface area contributed by atoms with Gasteiger partial charge in [0.1, 0.15) is 0 Å². The Morgan fingerprint density at radius 3 is 2.81 bits per heavy atom. The molecule has 0 spiro atoms. The van der Waals surface area contributed by atoms with Crippen LogP contribution in [0.15, 0.2) is 28.8 Å². The molecule has 0 saturated heterocycles. The summed E-state index contributed by atoms with van der Waals surface area (Å²) >= 11 is 5.83. The van der Waals surface area contributed by atoms with Crippen molar-refractivity contribution < 1.29 is 9.32 Å². The second-order valence-electron chi connectivity index (χ2n) is 4.80. The third-order valence-corrected chi connectivity index (χ3v) is 2.99. The molecule has 21 heavy (non-hydrogen) atoms. The van der Waals surface area contributed by atoms with Gasteiger partial charge in [0.05, 0.1) is 0 Å². The number of nitrogens with zero attached hydrogens (tertiary/aromatic N) is 2. The fraction of sp³-hybridized carbons (Fsp3) is 0.357. The van der Waals surface area contributed by atoms with Crippen LogP contribution in [0.1, 0.15) is 19.2 Å². The molecule has 2 rings (SSSR count). The summed E-state index contributed by atoms with van der Waals surface area (Å²) in [6.45, 7) is 2.23. The van der Waals surface area contributed by atoms with Gasteiger partial charge in [-0.05, 0) is 31.2 Å². The maximum Gasteiger partial charge on any atom is 0.228 e. The molecule has 1 aromatic carbocycles. The van der Waals surface area contributed by atoms with Crippen molar-refractivity contribution in [3.8, 4) is 11.4 Å². The van der Waals surface area contributed by atoms with Crippen molar-refractivity contribution in [2.75, 3.05) is 6.54 Å². The smallest absolute Gasteiger partial charge is 0.228 e. The molecule has 7 heteroatoms. The molecule has 1 atom stereocenters. The summed E-state index contributed by atoms with van der Waals surface area (Å²) in [5.41, 5.74) is 6.37. The maximum atomic E-state index is 11.4. The van der Waals surface area contributed by atoms with Gasteiger partial charge in [0.25, 0.3) is 0 Å². The second kappa shape index (κ2) is 7.19. The molecule has 0 aliphatic heterocycles. The van der Waals surface area contributed by atoms with E-state index in [1.165, 1.54) is 0 Å². The van der Waals surface area contributed by atoms with E-state index in [2.05, 4.69) is 15.5 Å². The number of carbonyl (C=O) groups is 1. The topological polar surface area (TPSA) is 94.0 Å². The quantitative estimate of drug-likeness (QED) is 0.848. The Labute approximate surface area is 127 Å². The minimum Gasteiger partial charge on any atom is -0.356 e. The van der Waals surface area contributed by atoms with Crippen molar-refractivity contribution in [3.63, 3.8) is 0 Å². The van der Waals surface area contributed by atoms with E-state index in [1.54, 1.807) is 19.1 Å². The van der Waals surface area contributed by atoms with Crippen LogP contribution in [0.4, 0.5) is 0 Å². The zero-order valence-corrected chi connectivity index (χ0v) is 12.4. The van der Waals surface area contributed by atoms with Crippen molar-refractivity contribution in [3.05, 3.63) is 35.2 Å². The highest BCUT2D eigenvalue weighted by Crippen LogP contribution is 2.18. The highest BCUT2D eigenvalue weighted by Gasteiger charge is 2.09. The van der Waals surface area contributed by atoms with E-state index in [4.69, 9.17) is 21.9 Å². The van der Waals surface area contributed by atoms with Gasteiger partial charge in [-0.15, -0.1) is 0 Å². The normalized spacial score (nSPS) is 12.1. The predicted octanol–water partition coefficient (Wildman–Crippen LogP) is 1.79. The number of amides is 1. The van der Waals surface area contributed by atoms with Crippen LogP contribution in [0, 0.1) is 0 Å². The Balaban J connectivity index is 1.86. The van der Waals surface area contributed by atoms with Crippen molar-refractivity contribution in [1.82, 2.24) is 15.5 Å². The Morgan fingerprint density at radius 2 is 2.14 bits per heavy atom. The van der Waals surface area contributed by atoms with Crippen LogP contribution in [-0.4, -0.2) is 28.6 Å². The number of nitrogens with two attached hydrogens (primary N) is 1. The first kappa shape index (κ1) is 15.5. The molecule has 0 aliphatic rings. The van der Waals surface area contributed by atoms with E-state index < -0.39 is 0 Å². The van der Waals surface area contributed by atoms with Gasteiger partial charge in [-0.25, -0.2) is 0 Å². The van der Waals surface area contributed by atoms with E-state index in [9.17, 15) is 4.79 Å². The molecular formula is C14H17ClN4O2. The van der Waals surface area contributed by atoms with Gasteiger partial charge in [0.15, 0.2) is 0 Å². The summed E-state index contributed by atoms with van der Waals surface area (Å²) in [6.07, 6.45) is 0.783. The Kier molecular flexibility index (Phi) is 5.30. The number of carbonyl (C=O) groups excluding carboxylic acids is 1. The lowest BCUT2D eigenvalue weighted by Gasteiger charge is -2.05. The van der Waals surface area contributed by atoms with Gasteiger partial charge in [-0.2, -0.15) is 4.98 Å². The van der Waals surface area contributed by atoms with E-state index in [1.807, 2.05) is 12.1 Å². The molecule has 0 aliphatic carbocycles. The third-order valence-electron chi connectivity index (χ3n) is 2.74. The van der Waals surface area contributed by atoms with Gasteiger partial charge in [-0.3, -0.25) is 4.79 Å². The zero-order chi connectivity index (χ0) is 15.2. The molecule has 0 bridgehead atoms. The number of nitrogens with one attached hydrogen (secondary N) is 1. The van der Waals surface area contributed by atoms with E-state index in [0.717, 1.165) is 5.56 Å². The van der Waals surface area contributed by atoms with Crippen LogP contribution in [0.25, 0.3) is 11.4 Å². The molecule has 112 valence electrons. The van der Waals surface area contributed by atoms with Crippen LogP contribution in [-0.2, 0) is 11.2 Å². The van der Waals surface area contributed by atoms with Crippen molar-refractivity contribution >= 4 is 17.5 Å². The SMILES string of the molecule is CC(N)CC(=O)NCCc1nc(-c2ccc(Cl)cc2)no1. The van der Waals surface area contributed by atoms with E-state index in [0.29, 0.717) is 36.1 Å². The van der Waals surface area contributed by atoms with Gasteiger partial charge in [-0.1, -0.05) is 16.8 Å². The summed E-state index contributed by atoms with van der Waals surface area (Å²) in [7, 11) is 0. The van der Waals surface area contributed by atoms with Crippen LogP contribution in [0.5, 0.6) is 0 Å². The molecular weight excluding hydrogens is 292 g/mol. The van der Waals surface area contributed by atoms with Crippen LogP contribution in [0.3, 0.4) is 0 Å². The second-order valence-corrected chi connectivity index (χ2v) is 5.24. The highest BCUT2D eigenvalue weighted by molar-refractivity contribution is 6.30. The minimum atomic E-state index is -0.148. The Bertz CT molecular complexity index is 595. The first-order chi connectivity index (χ1) is 10.0. The summed E-state index contributed by atoms with van der Waals surface area (Å²) in [6, 6.07) is 7.02. The fourth-order valence-electron chi connectivity index (χ4n) is 1.75. The molecule has 2 aromatic rings. The van der Waals surface area contributed by atoms with Crippen molar-refractivity contribution in [1.29, 1.82) is 0 Å². The standard InChI is InChI=1S/C14H17ClN4O2/c1-9(16)8-12(20)17-7-6-13-18-14(19-21-13)10-2-4-11(15)5-3-10/h2-5,9H,6-8,16H2,1H3,(H,17,20). The number of benzene rings is 1. The summed E-state index contributed by atoms with van der Waals surface area (Å²) < 4.78 is 5.14. The van der Waals surface area contributed by atoms with Gasteiger partial charge in [0.2, 0.25) is 17.6 Å².